The van der Waals surface area contributed by atoms with E-state index in [1.165, 1.54) is 0 Å². The Balaban J connectivity index is 2.22. The molecule has 0 saturated heterocycles. The van der Waals surface area contributed by atoms with Gasteiger partial charge in [-0.3, -0.25) is 9.59 Å². The second kappa shape index (κ2) is 12.1. The molecule has 31 heavy (non-hydrogen) atoms. The van der Waals surface area contributed by atoms with E-state index in [9.17, 15) is 9.59 Å². The number of hydrogen-bond donors (Lipinski definition) is 1. The fourth-order valence-corrected chi connectivity index (χ4v) is 3.49. The van der Waals surface area contributed by atoms with Crippen molar-refractivity contribution in [2.75, 3.05) is 13.2 Å². The number of para-hydroxylation sites is 1. The molecule has 0 spiro atoms. The van der Waals surface area contributed by atoms with Crippen LogP contribution in [0, 0.1) is 6.92 Å². The number of rotatable bonds is 11. The summed E-state index contributed by atoms with van der Waals surface area (Å²) in [6.07, 6.45) is 1.39. The second-order valence-corrected chi connectivity index (χ2v) is 8.20. The number of benzene rings is 2. The van der Waals surface area contributed by atoms with Gasteiger partial charge in [0.2, 0.25) is 5.91 Å². The van der Waals surface area contributed by atoms with Gasteiger partial charge in [-0.05, 0) is 42.9 Å². The first-order valence-electron chi connectivity index (χ1n) is 11.2. The lowest BCUT2D eigenvalue weighted by atomic mass is 10.0. The van der Waals surface area contributed by atoms with Gasteiger partial charge in [-0.2, -0.15) is 0 Å². The number of carbonyl (C=O) groups excluding carboxylic acids is 2. The van der Waals surface area contributed by atoms with Gasteiger partial charge in [0, 0.05) is 13.1 Å². The van der Waals surface area contributed by atoms with Crippen molar-refractivity contribution in [2.45, 2.75) is 66.0 Å². The topological polar surface area (TPSA) is 58.6 Å². The van der Waals surface area contributed by atoms with E-state index < -0.39 is 6.04 Å². The molecule has 0 unspecified atom stereocenters. The van der Waals surface area contributed by atoms with Crippen LogP contribution in [0.2, 0.25) is 0 Å². The maximum atomic E-state index is 13.3. The summed E-state index contributed by atoms with van der Waals surface area (Å²) in [7, 11) is 0. The second-order valence-electron chi connectivity index (χ2n) is 8.20. The fraction of sp³-hybridized carbons (Fsp3) is 0.462. The summed E-state index contributed by atoms with van der Waals surface area (Å²) in [5.74, 6) is 0.688. The highest BCUT2D eigenvalue weighted by molar-refractivity contribution is 5.88. The van der Waals surface area contributed by atoms with Gasteiger partial charge in [0.05, 0.1) is 0 Å². The van der Waals surface area contributed by atoms with Crippen LogP contribution in [0.15, 0.2) is 48.5 Å². The standard InChI is InChI=1S/C26H36N2O3/c1-6-16-27-26(30)23(7-2)28(17-21-14-12-20(5)13-15-21)25(29)18-31-24-11-9-8-10-22(24)19(3)4/h8-15,19,23H,6-7,16-18H2,1-5H3,(H,27,30)/t23-/m1/s1. The van der Waals surface area contributed by atoms with E-state index >= 15 is 0 Å². The number of carbonyl (C=O) groups is 2. The van der Waals surface area contributed by atoms with Crippen LogP contribution in [0.5, 0.6) is 5.75 Å². The van der Waals surface area contributed by atoms with Crippen LogP contribution in [0.1, 0.15) is 63.1 Å². The zero-order valence-electron chi connectivity index (χ0n) is 19.5. The highest BCUT2D eigenvalue weighted by Gasteiger charge is 2.29. The fourth-order valence-electron chi connectivity index (χ4n) is 3.49. The Hall–Kier alpha value is -2.82. The molecular weight excluding hydrogens is 388 g/mol. The Morgan fingerprint density at radius 1 is 1.03 bits per heavy atom. The van der Waals surface area contributed by atoms with Crippen molar-refractivity contribution < 1.29 is 14.3 Å². The van der Waals surface area contributed by atoms with Gasteiger partial charge in [0.25, 0.3) is 5.91 Å². The first-order chi connectivity index (χ1) is 14.9. The highest BCUT2D eigenvalue weighted by Crippen LogP contribution is 2.26. The lowest BCUT2D eigenvalue weighted by Gasteiger charge is -2.30. The SMILES string of the molecule is CCCNC(=O)[C@@H](CC)N(Cc1ccc(C)cc1)C(=O)COc1ccccc1C(C)C. The molecule has 1 atom stereocenters. The number of nitrogens with one attached hydrogen (secondary N) is 1. The van der Waals surface area contributed by atoms with E-state index in [0.717, 1.165) is 23.1 Å². The van der Waals surface area contributed by atoms with Crippen molar-refractivity contribution in [1.82, 2.24) is 10.2 Å². The molecule has 1 N–H and O–H groups in total. The van der Waals surface area contributed by atoms with Gasteiger partial charge in [0.1, 0.15) is 11.8 Å². The molecule has 0 aliphatic heterocycles. The van der Waals surface area contributed by atoms with Crippen LogP contribution in [-0.4, -0.2) is 35.9 Å². The van der Waals surface area contributed by atoms with E-state index in [1.54, 1.807) is 4.90 Å². The molecule has 0 aliphatic carbocycles. The third-order valence-corrected chi connectivity index (χ3v) is 5.30. The molecule has 2 aromatic carbocycles. The van der Waals surface area contributed by atoms with E-state index in [1.807, 2.05) is 69.3 Å². The predicted molar refractivity (Wildman–Crippen MR) is 125 cm³/mol. The summed E-state index contributed by atoms with van der Waals surface area (Å²) >= 11 is 0. The van der Waals surface area contributed by atoms with Crippen LogP contribution in [0.25, 0.3) is 0 Å². The molecule has 2 rings (SSSR count). The van der Waals surface area contributed by atoms with Crippen LogP contribution < -0.4 is 10.1 Å². The number of nitrogens with zero attached hydrogens (tertiary/aromatic N) is 1. The molecule has 5 heteroatoms. The number of ether oxygens (including phenoxy) is 1. The normalized spacial score (nSPS) is 11.8. The van der Waals surface area contributed by atoms with Gasteiger partial charge in [-0.25, -0.2) is 0 Å². The van der Waals surface area contributed by atoms with Gasteiger partial charge in [-0.1, -0.05) is 75.7 Å². The molecule has 168 valence electrons. The molecule has 0 aliphatic rings. The Kier molecular flexibility index (Phi) is 9.57. The van der Waals surface area contributed by atoms with Gasteiger partial charge >= 0.3 is 0 Å². The molecule has 2 aromatic rings. The summed E-state index contributed by atoms with van der Waals surface area (Å²) in [4.78, 5) is 27.7. The zero-order valence-corrected chi connectivity index (χ0v) is 19.5. The van der Waals surface area contributed by atoms with Crippen LogP contribution in [0.3, 0.4) is 0 Å². The average Bonchev–Trinajstić information content (AvgIpc) is 2.77. The summed E-state index contributed by atoms with van der Waals surface area (Å²) in [5, 5.41) is 2.94. The van der Waals surface area contributed by atoms with Crippen molar-refractivity contribution in [3.05, 3.63) is 65.2 Å². The summed E-state index contributed by atoms with van der Waals surface area (Å²) < 4.78 is 5.93. The van der Waals surface area contributed by atoms with Crippen molar-refractivity contribution in [1.29, 1.82) is 0 Å². The third-order valence-electron chi connectivity index (χ3n) is 5.30. The highest BCUT2D eigenvalue weighted by atomic mass is 16.5. The smallest absolute Gasteiger partial charge is 0.261 e. The predicted octanol–water partition coefficient (Wildman–Crippen LogP) is 4.83. The summed E-state index contributed by atoms with van der Waals surface area (Å²) in [6, 6.07) is 15.3. The molecule has 0 bridgehead atoms. The molecule has 0 saturated carbocycles. The zero-order chi connectivity index (χ0) is 22.8. The average molecular weight is 425 g/mol. The Morgan fingerprint density at radius 3 is 2.32 bits per heavy atom. The van der Waals surface area contributed by atoms with Gasteiger partial charge < -0.3 is 15.0 Å². The Labute approximate surface area is 186 Å². The van der Waals surface area contributed by atoms with E-state index in [-0.39, 0.29) is 24.3 Å². The van der Waals surface area contributed by atoms with Gasteiger partial charge in [-0.15, -0.1) is 0 Å². The van der Waals surface area contributed by atoms with Crippen molar-refractivity contribution in [3.8, 4) is 5.75 Å². The lowest BCUT2D eigenvalue weighted by Crippen LogP contribution is -2.50. The molecule has 0 heterocycles. The lowest BCUT2D eigenvalue weighted by molar-refractivity contribution is -0.143. The van der Waals surface area contributed by atoms with Crippen LogP contribution in [-0.2, 0) is 16.1 Å². The van der Waals surface area contributed by atoms with Gasteiger partial charge in [0.15, 0.2) is 6.61 Å². The molecule has 2 amide bonds. The van der Waals surface area contributed by atoms with Crippen molar-refractivity contribution >= 4 is 11.8 Å². The Morgan fingerprint density at radius 2 is 1.71 bits per heavy atom. The minimum Gasteiger partial charge on any atom is -0.483 e. The van der Waals surface area contributed by atoms with Crippen molar-refractivity contribution in [2.24, 2.45) is 0 Å². The Bertz CT molecular complexity index is 846. The molecule has 0 fully saturated rings. The minimum absolute atomic E-state index is 0.104. The van der Waals surface area contributed by atoms with E-state index in [4.69, 9.17) is 4.74 Å². The minimum atomic E-state index is -0.538. The first kappa shape index (κ1) is 24.4. The molecular formula is C26H36N2O3. The summed E-state index contributed by atoms with van der Waals surface area (Å²) in [6.45, 7) is 11.0. The monoisotopic (exact) mass is 424 g/mol. The van der Waals surface area contributed by atoms with E-state index in [0.29, 0.717) is 25.3 Å². The largest absolute Gasteiger partial charge is 0.483 e. The number of aryl methyl sites for hydroxylation is 1. The van der Waals surface area contributed by atoms with Crippen LogP contribution in [0.4, 0.5) is 0 Å². The van der Waals surface area contributed by atoms with Crippen LogP contribution >= 0.6 is 0 Å². The first-order valence-corrected chi connectivity index (χ1v) is 11.2. The molecule has 0 radical (unpaired) electrons. The molecule has 0 aromatic heterocycles. The maximum Gasteiger partial charge on any atom is 0.261 e. The summed E-state index contributed by atoms with van der Waals surface area (Å²) in [5.41, 5.74) is 3.21. The van der Waals surface area contributed by atoms with Crippen molar-refractivity contribution in [3.63, 3.8) is 0 Å². The number of amides is 2. The quantitative estimate of drug-likeness (QED) is 0.562. The molecule has 5 nitrogen and oxygen atoms in total. The third kappa shape index (κ3) is 7.12. The number of hydrogen-bond acceptors (Lipinski definition) is 3. The van der Waals surface area contributed by atoms with E-state index in [2.05, 4.69) is 19.2 Å². The maximum absolute atomic E-state index is 13.3.